The summed E-state index contributed by atoms with van der Waals surface area (Å²) >= 11 is 0. The molecule has 1 heterocycles. The number of benzene rings is 1. The van der Waals surface area contributed by atoms with E-state index in [2.05, 4.69) is 4.98 Å². The van der Waals surface area contributed by atoms with Crippen LogP contribution in [0.1, 0.15) is 18.1 Å². The first-order valence-electron chi connectivity index (χ1n) is 5.95. The molecule has 0 bridgehead atoms. The second-order valence-electron chi connectivity index (χ2n) is 4.00. The molecule has 0 N–H and O–H groups in total. The summed E-state index contributed by atoms with van der Waals surface area (Å²) in [6.45, 7) is 1.91. The summed E-state index contributed by atoms with van der Waals surface area (Å²) in [7, 11) is 0. The summed E-state index contributed by atoms with van der Waals surface area (Å²) in [5.41, 5.74) is 0.988. The molecule has 0 amide bonds. The number of ether oxygens (including phenoxy) is 1. The second-order valence-corrected chi connectivity index (χ2v) is 4.00. The van der Waals surface area contributed by atoms with Gasteiger partial charge in [-0.25, -0.2) is 0 Å². The van der Waals surface area contributed by atoms with Crippen LogP contribution in [0.4, 0.5) is 5.69 Å². The first-order valence-corrected chi connectivity index (χ1v) is 5.95. The van der Waals surface area contributed by atoms with Crippen molar-refractivity contribution in [2.75, 3.05) is 0 Å². The largest absolute Gasteiger partial charge is 0.447 e. The molecule has 2 rings (SSSR count). The lowest BCUT2D eigenvalue weighted by atomic mass is 10.1. The minimum atomic E-state index is -0.503. The van der Waals surface area contributed by atoms with Crippen molar-refractivity contribution in [1.29, 1.82) is 5.26 Å². The maximum atomic E-state index is 11.1. The Morgan fingerprint density at radius 2 is 2.20 bits per heavy atom. The zero-order valence-corrected chi connectivity index (χ0v) is 10.7. The Morgan fingerprint density at radius 1 is 1.40 bits per heavy atom. The van der Waals surface area contributed by atoms with Crippen LogP contribution in [0.15, 0.2) is 36.7 Å². The number of hydrogen-bond donors (Lipinski definition) is 0. The Bertz CT molecular complexity index is 692. The SMILES string of the molecule is CCc1ccc(Oc2cnccc2C#N)c([N+](=O)[O-])c1. The van der Waals surface area contributed by atoms with E-state index in [1.807, 2.05) is 13.0 Å². The highest BCUT2D eigenvalue weighted by Gasteiger charge is 2.17. The average molecular weight is 269 g/mol. The molecular formula is C14H11N3O3. The lowest BCUT2D eigenvalue weighted by molar-refractivity contribution is -0.385. The third-order valence-corrected chi connectivity index (χ3v) is 2.75. The molecular weight excluding hydrogens is 258 g/mol. The molecule has 1 aromatic carbocycles. The smallest absolute Gasteiger partial charge is 0.311 e. The Morgan fingerprint density at radius 3 is 2.85 bits per heavy atom. The molecule has 0 unspecified atom stereocenters. The van der Waals surface area contributed by atoms with E-state index in [9.17, 15) is 10.1 Å². The van der Waals surface area contributed by atoms with Crippen molar-refractivity contribution >= 4 is 5.69 Å². The zero-order chi connectivity index (χ0) is 14.5. The number of rotatable bonds is 4. The first-order chi connectivity index (χ1) is 9.65. The molecule has 0 saturated carbocycles. The van der Waals surface area contributed by atoms with E-state index >= 15 is 0 Å². The van der Waals surface area contributed by atoms with E-state index in [0.29, 0.717) is 6.42 Å². The minimum absolute atomic E-state index is 0.0942. The fraction of sp³-hybridized carbons (Fsp3) is 0.143. The predicted molar refractivity (Wildman–Crippen MR) is 71.5 cm³/mol. The quantitative estimate of drug-likeness (QED) is 0.628. The molecule has 0 aliphatic heterocycles. The van der Waals surface area contributed by atoms with Crippen molar-refractivity contribution in [2.24, 2.45) is 0 Å². The Labute approximate surface area is 115 Å². The van der Waals surface area contributed by atoms with Crippen molar-refractivity contribution in [2.45, 2.75) is 13.3 Å². The van der Waals surface area contributed by atoms with E-state index < -0.39 is 4.92 Å². The van der Waals surface area contributed by atoms with Crippen molar-refractivity contribution in [3.63, 3.8) is 0 Å². The number of aryl methyl sites for hydroxylation is 1. The molecule has 0 radical (unpaired) electrons. The molecule has 0 fully saturated rings. The first kappa shape index (κ1) is 13.5. The highest BCUT2D eigenvalue weighted by molar-refractivity contribution is 5.52. The van der Waals surface area contributed by atoms with Crippen LogP contribution in [-0.2, 0) is 6.42 Å². The van der Waals surface area contributed by atoms with Crippen molar-refractivity contribution in [1.82, 2.24) is 4.98 Å². The number of nitro benzene ring substituents is 1. The minimum Gasteiger partial charge on any atom is -0.447 e. The zero-order valence-electron chi connectivity index (χ0n) is 10.7. The van der Waals surface area contributed by atoms with Crippen LogP contribution >= 0.6 is 0 Å². The van der Waals surface area contributed by atoms with Gasteiger partial charge in [0.2, 0.25) is 5.75 Å². The van der Waals surface area contributed by atoms with Crippen LogP contribution in [0.5, 0.6) is 11.5 Å². The number of pyridine rings is 1. The van der Waals surface area contributed by atoms with Gasteiger partial charge in [-0.3, -0.25) is 15.1 Å². The van der Waals surface area contributed by atoms with Crippen molar-refractivity contribution in [3.8, 4) is 17.6 Å². The van der Waals surface area contributed by atoms with Gasteiger partial charge in [0, 0.05) is 12.3 Å². The topological polar surface area (TPSA) is 89.0 Å². The summed E-state index contributed by atoms with van der Waals surface area (Å²) in [4.78, 5) is 14.4. The van der Waals surface area contributed by atoms with Crippen LogP contribution < -0.4 is 4.74 Å². The number of nitriles is 1. The van der Waals surface area contributed by atoms with Gasteiger partial charge in [0.15, 0.2) is 5.75 Å². The second kappa shape index (κ2) is 5.80. The standard InChI is InChI=1S/C14H11N3O3/c1-2-10-3-4-13(12(7-10)17(18)19)20-14-9-16-6-5-11(14)8-15/h3-7,9H,2H2,1H3. The third kappa shape index (κ3) is 2.72. The van der Waals surface area contributed by atoms with Crippen molar-refractivity contribution < 1.29 is 9.66 Å². The average Bonchev–Trinajstić information content (AvgIpc) is 2.48. The van der Waals surface area contributed by atoms with Crippen LogP contribution in [0.3, 0.4) is 0 Å². The molecule has 6 heteroatoms. The summed E-state index contributed by atoms with van der Waals surface area (Å²) in [5, 5.41) is 20.0. The highest BCUT2D eigenvalue weighted by Crippen LogP contribution is 2.33. The number of hydrogen-bond acceptors (Lipinski definition) is 5. The summed E-state index contributed by atoms with van der Waals surface area (Å²) in [5.74, 6) is 0.291. The van der Waals surface area contributed by atoms with E-state index in [1.54, 1.807) is 6.07 Å². The Balaban J connectivity index is 2.43. The van der Waals surface area contributed by atoms with E-state index in [0.717, 1.165) is 5.56 Å². The van der Waals surface area contributed by atoms with Gasteiger partial charge in [-0.2, -0.15) is 5.26 Å². The van der Waals surface area contributed by atoms with Gasteiger partial charge in [0.05, 0.1) is 16.7 Å². The molecule has 1 aromatic heterocycles. The fourth-order valence-corrected chi connectivity index (χ4v) is 1.68. The predicted octanol–water partition coefficient (Wildman–Crippen LogP) is 3.22. The summed E-state index contributed by atoms with van der Waals surface area (Å²) < 4.78 is 5.47. The number of nitro groups is 1. The maximum Gasteiger partial charge on any atom is 0.311 e. The van der Waals surface area contributed by atoms with Crippen LogP contribution in [-0.4, -0.2) is 9.91 Å². The van der Waals surface area contributed by atoms with Crippen molar-refractivity contribution in [3.05, 3.63) is 57.9 Å². The van der Waals surface area contributed by atoms with Crippen LogP contribution in [0.25, 0.3) is 0 Å². The van der Waals surface area contributed by atoms with Gasteiger partial charge in [0.1, 0.15) is 6.07 Å². The van der Waals surface area contributed by atoms with E-state index in [4.69, 9.17) is 10.00 Å². The molecule has 6 nitrogen and oxygen atoms in total. The molecule has 20 heavy (non-hydrogen) atoms. The molecule has 2 aromatic rings. The highest BCUT2D eigenvalue weighted by atomic mass is 16.6. The van der Waals surface area contributed by atoms with Gasteiger partial charge in [-0.1, -0.05) is 13.0 Å². The van der Waals surface area contributed by atoms with Gasteiger partial charge in [-0.15, -0.1) is 0 Å². The molecule has 0 atom stereocenters. The number of aromatic nitrogens is 1. The molecule has 0 spiro atoms. The van der Waals surface area contributed by atoms with Gasteiger partial charge in [-0.05, 0) is 24.1 Å². The van der Waals surface area contributed by atoms with E-state index in [1.165, 1.54) is 30.6 Å². The Hall–Kier alpha value is -2.94. The molecule has 0 aliphatic carbocycles. The third-order valence-electron chi connectivity index (χ3n) is 2.75. The summed E-state index contributed by atoms with van der Waals surface area (Å²) in [6.07, 6.45) is 3.51. The normalized spacial score (nSPS) is 9.80. The number of nitrogens with zero attached hydrogens (tertiary/aromatic N) is 3. The lowest BCUT2D eigenvalue weighted by Gasteiger charge is -2.08. The van der Waals surface area contributed by atoms with Gasteiger partial charge in [0.25, 0.3) is 0 Å². The summed E-state index contributed by atoms with van der Waals surface area (Å²) in [6, 6.07) is 8.20. The Kier molecular flexibility index (Phi) is 3.91. The monoisotopic (exact) mass is 269 g/mol. The van der Waals surface area contributed by atoms with Crippen LogP contribution in [0, 0.1) is 21.4 Å². The molecule has 100 valence electrons. The van der Waals surface area contributed by atoms with E-state index in [-0.39, 0.29) is 22.7 Å². The van der Waals surface area contributed by atoms with Crippen LogP contribution in [0.2, 0.25) is 0 Å². The maximum absolute atomic E-state index is 11.1. The molecule has 0 saturated heterocycles. The van der Waals surface area contributed by atoms with Gasteiger partial charge < -0.3 is 4.74 Å². The molecule has 0 aliphatic rings. The lowest BCUT2D eigenvalue weighted by Crippen LogP contribution is -1.96. The fourth-order valence-electron chi connectivity index (χ4n) is 1.68. The van der Waals surface area contributed by atoms with Gasteiger partial charge >= 0.3 is 5.69 Å².